The number of aliphatic hydroxyl groups excluding tert-OH is 1. The minimum atomic E-state index is -0.626. The van der Waals surface area contributed by atoms with Crippen LogP contribution in [-0.2, 0) is 16.1 Å². The Morgan fingerprint density at radius 1 is 1.22 bits per heavy atom. The Morgan fingerprint density at radius 2 is 1.96 bits per heavy atom. The van der Waals surface area contributed by atoms with E-state index < -0.39 is 29.2 Å². The van der Waals surface area contributed by atoms with E-state index in [9.17, 15) is 23.5 Å². The highest BCUT2D eigenvalue weighted by Crippen LogP contribution is 2.34. The van der Waals surface area contributed by atoms with Gasteiger partial charge in [0.2, 0.25) is 5.91 Å². The van der Waals surface area contributed by atoms with E-state index in [0.717, 1.165) is 12.1 Å². The van der Waals surface area contributed by atoms with E-state index in [4.69, 9.17) is 0 Å². The topological polar surface area (TPSA) is 69.6 Å². The minimum absolute atomic E-state index is 0.0168. The van der Waals surface area contributed by atoms with Crippen LogP contribution in [0.1, 0.15) is 23.1 Å². The van der Waals surface area contributed by atoms with Gasteiger partial charge < -0.3 is 15.3 Å². The molecule has 0 saturated heterocycles. The number of fused-ring (bicyclic) bond motifs is 1. The van der Waals surface area contributed by atoms with Crippen molar-refractivity contribution in [2.75, 3.05) is 11.9 Å². The van der Waals surface area contributed by atoms with Crippen LogP contribution in [0.15, 0.2) is 42.0 Å². The molecule has 0 spiro atoms. The van der Waals surface area contributed by atoms with Gasteiger partial charge in [0.1, 0.15) is 17.4 Å². The monoisotopic (exact) mass is 372 g/mol. The third-order valence-corrected chi connectivity index (χ3v) is 4.50. The fraction of sp³-hybridized carbons (Fsp3) is 0.200. The first-order valence-corrected chi connectivity index (χ1v) is 8.31. The maximum absolute atomic E-state index is 13.9. The van der Waals surface area contributed by atoms with Crippen molar-refractivity contribution in [3.63, 3.8) is 0 Å². The summed E-state index contributed by atoms with van der Waals surface area (Å²) in [5, 5.41) is 12.9. The summed E-state index contributed by atoms with van der Waals surface area (Å²) in [7, 11) is 1.37. The molecule has 0 aromatic heterocycles. The number of carbonyl (C=O) groups excluding carboxylic acids is 2. The lowest BCUT2D eigenvalue weighted by Crippen LogP contribution is -2.31. The summed E-state index contributed by atoms with van der Waals surface area (Å²) in [6.07, 6.45) is -0.365. The Labute approximate surface area is 154 Å². The van der Waals surface area contributed by atoms with Gasteiger partial charge in [-0.3, -0.25) is 9.59 Å². The highest BCUT2D eigenvalue weighted by Gasteiger charge is 2.30. The Morgan fingerprint density at radius 3 is 2.63 bits per heavy atom. The summed E-state index contributed by atoms with van der Waals surface area (Å²) in [6, 6.07) is 8.19. The van der Waals surface area contributed by atoms with Crippen LogP contribution in [0.4, 0.5) is 14.5 Å². The number of halogens is 2. The van der Waals surface area contributed by atoms with Crippen molar-refractivity contribution in [1.82, 2.24) is 5.32 Å². The third kappa shape index (κ3) is 3.53. The number of anilines is 1. The van der Waals surface area contributed by atoms with Gasteiger partial charge in [-0.1, -0.05) is 12.1 Å². The van der Waals surface area contributed by atoms with Crippen molar-refractivity contribution in [3.8, 4) is 0 Å². The molecule has 27 heavy (non-hydrogen) atoms. The first-order valence-electron chi connectivity index (χ1n) is 8.31. The van der Waals surface area contributed by atoms with Crippen molar-refractivity contribution in [3.05, 3.63) is 70.3 Å². The standard InChI is InChI=1S/C20H18F2N2O3/c1-11-3-4-12(7-16(11)22)10-24-17-6-5-13(21)8-14(17)19(26)15(9-18(24)25)20(27)23-2/h3-8,26H,9-10H2,1-2H3,(H,23,27). The molecule has 1 aliphatic heterocycles. The maximum Gasteiger partial charge on any atom is 0.251 e. The van der Waals surface area contributed by atoms with Gasteiger partial charge in [0.25, 0.3) is 5.91 Å². The molecule has 2 N–H and O–H groups in total. The van der Waals surface area contributed by atoms with E-state index in [-0.39, 0.29) is 29.8 Å². The lowest BCUT2D eigenvalue weighted by atomic mass is 10.1. The van der Waals surface area contributed by atoms with Crippen LogP contribution in [-0.4, -0.2) is 24.0 Å². The average molecular weight is 372 g/mol. The van der Waals surface area contributed by atoms with Crippen molar-refractivity contribution in [2.45, 2.75) is 19.9 Å². The molecule has 7 heteroatoms. The van der Waals surface area contributed by atoms with Crippen LogP contribution in [0.2, 0.25) is 0 Å². The summed E-state index contributed by atoms with van der Waals surface area (Å²) in [6.45, 7) is 1.65. The summed E-state index contributed by atoms with van der Waals surface area (Å²) >= 11 is 0. The van der Waals surface area contributed by atoms with E-state index in [2.05, 4.69) is 5.32 Å². The fourth-order valence-electron chi connectivity index (χ4n) is 2.99. The molecule has 5 nitrogen and oxygen atoms in total. The van der Waals surface area contributed by atoms with Crippen LogP contribution in [0.5, 0.6) is 0 Å². The number of hydrogen-bond acceptors (Lipinski definition) is 3. The molecule has 1 aliphatic rings. The van der Waals surface area contributed by atoms with Gasteiger partial charge in [-0.15, -0.1) is 0 Å². The zero-order valence-electron chi connectivity index (χ0n) is 14.8. The molecular formula is C20H18F2N2O3. The van der Waals surface area contributed by atoms with Crippen LogP contribution >= 0.6 is 0 Å². The third-order valence-electron chi connectivity index (χ3n) is 4.50. The quantitative estimate of drug-likeness (QED) is 0.869. The SMILES string of the molecule is CNC(=O)C1=C(O)c2cc(F)ccc2N(Cc2ccc(C)c(F)c2)C(=O)C1. The van der Waals surface area contributed by atoms with Crippen molar-refractivity contribution < 1.29 is 23.5 Å². The molecular weight excluding hydrogens is 354 g/mol. The second-order valence-corrected chi connectivity index (χ2v) is 6.31. The van der Waals surface area contributed by atoms with Gasteiger partial charge in [-0.2, -0.15) is 0 Å². The molecule has 2 amide bonds. The average Bonchev–Trinajstić information content (AvgIpc) is 2.74. The van der Waals surface area contributed by atoms with Gasteiger partial charge in [0.05, 0.1) is 24.2 Å². The van der Waals surface area contributed by atoms with Gasteiger partial charge in [-0.25, -0.2) is 8.78 Å². The molecule has 2 aromatic carbocycles. The number of amides is 2. The maximum atomic E-state index is 13.9. The highest BCUT2D eigenvalue weighted by atomic mass is 19.1. The number of likely N-dealkylation sites (N-methyl/N-ethyl adjacent to an activating group) is 1. The normalized spacial score (nSPS) is 14.1. The Balaban J connectivity index is 2.10. The molecule has 0 atom stereocenters. The van der Waals surface area contributed by atoms with Crippen LogP contribution in [0.3, 0.4) is 0 Å². The van der Waals surface area contributed by atoms with Gasteiger partial charge in [-0.05, 0) is 42.3 Å². The first kappa shape index (κ1) is 18.6. The van der Waals surface area contributed by atoms with Gasteiger partial charge in [0.15, 0.2) is 0 Å². The van der Waals surface area contributed by atoms with E-state index in [1.165, 1.54) is 24.1 Å². The van der Waals surface area contributed by atoms with E-state index in [1.807, 2.05) is 0 Å². The van der Waals surface area contributed by atoms with Crippen molar-refractivity contribution in [1.29, 1.82) is 0 Å². The molecule has 0 radical (unpaired) electrons. The van der Waals surface area contributed by atoms with Crippen LogP contribution in [0.25, 0.3) is 5.76 Å². The lowest BCUT2D eigenvalue weighted by molar-refractivity contribution is -0.121. The number of nitrogens with one attached hydrogen (secondary N) is 1. The minimum Gasteiger partial charge on any atom is -0.507 e. The van der Waals surface area contributed by atoms with E-state index in [0.29, 0.717) is 11.1 Å². The number of aryl methyl sites for hydroxylation is 1. The zero-order chi connectivity index (χ0) is 19.7. The smallest absolute Gasteiger partial charge is 0.251 e. The summed E-state index contributed by atoms with van der Waals surface area (Å²) in [5.74, 6) is -2.56. The predicted octanol–water partition coefficient (Wildman–Crippen LogP) is 3.23. The van der Waals surface area contributed by atoms with Crippen molar-refractivity contribution in [2.24, 2.45) is 0 Å². The second-order valence-electron chi connectivity index (χ2n) is 6.31. The molecule has 0 aliphatic carbocycles. The predicted molar refractivity (Wildman–Crippen MR) is 97.0 cm³/mol. The summed E-state index contributed by atoms with van der Waals surface area (Å²) < 4.78 is 27.7. The number of benzene rings is 2. The van der Waals surface area contributed by atoms with Gasteiger partial charge >= 0.3 is 0 Å². The van der Waals surface area contributed by atoms with Crippen LogP contribution < -0.4 is 10.2 Å². The zero-order valence-corrected chi connectivity index (χ0v) is 14.8. The highest BCUT2D eigenvalue weighted by molar-refractivity contribution is 6.10. The Kier molecular flexibility index (Phi) is 4.94. The largest absolute Gasteiger partial charge is 0.507 e. The Bertz CT molecular complexity index is 970. The second kappa shape index (κ2) is 7.19. The number of carbonyl (C=O) groups is 2. The molecule has 140 valence electrons. The Hall–Kier alpha value is -3.22. The fourth-order valence-corrected chi connectivity index (χ4v) is 2.99. The number of rotatable bonds is 3. The van der Waals surface area contributed by atoms with Gasteiger partial charge in [0, 0.05) is 12.6 Å². The lowest BCUT2D eigenvalue weighted by Gasteiger charge is -2.23. The molecule has 0 fully saturated rings. The molecule has 0 saturated carbocycles. The molecule has 0 unspecified atom stereocenters. The summed E-state index contributed by atoms with van der Waals surface area (Å²) in [5.41, 5.74) is 1.15. The van der Waals surface area contributed by atoms with E-state index in [1.54, 1.807) is 19.1 Å². The number of nitrogens with zero attached hydrogens (tertiary/aromatic N) is 1. The number of aliphatic hydroxyl groups is 1. The molecule has 0 bridgehead atoms. The molecule has 3 rings (SSSR count). The number of hydrogen-bond donors (Lipinski definition) is 2. The molecule has 1 heterocycles. The van der Waals surface area contributed by atoms with E-state index >= 15 is 0 Å². The summed E-state index contributed by atoms with van der Waals surface area (Å²) in [4.78, 5) is 26.2. The van der Waals surface area contributed by atoms with Crippen molar-refractivity contribution >= 4 is 23.3 Å². The molecule has 2 aromatic rings. The first-order chi connectivity index (χ1) is 12.8. The van der Waals surface area contributed by atoms with Crippen LogP contribution in [0, 0.1) is 18.6 Å².